The molecule has 0 bridgehead atoms. The summed E-state index contributed by atoms with van der Waals surface area (Å²) in [5.74, 6) is 0.102. The maximum atomic E-state index is 12.1. The van der Waals surface area contributed by atoms with Crippen LogP contribution in [0.1, 0.15) is 46.0 Å². The minimum absolute atomic E-state index is 0. The first-order chi connectivity index (χ1) is 10.4. The molecule has 142 valence electrons. The molecule has 1 aliphatic carbocycles. The van der Waals surface area contributed by atoms with Gasteiger partial charge in [-0.15, -0.1) is 24.8 Å². The zero-order valence-corrected chi connectivity index (χ0v) is 16.4. The van der Waals surface area contributed by atoms with Crippen LogP contribution in [0, 0.1) is 0 Å². The van der Waals surface area contributed by atoms with Crippen molar-refractivity contribution in [3.8, 4) is 0 Å². The van der Waals surface area contributed by atoms with E-state index in [1.165, 1.54) is 19.3 Å². The standard InChI is InChI=1S/C16H30N4O2.2ClH/c1-16(2,17)15(22)20-10-8-19(9-11-20)12-14(21)18-13-6-4-3-5-7-13;;/h13H,3-12,17H2,1-2H3,(H,18,21);2*1H. The van der Waals surface area contributed by atoms with E-state index in [1.807, 2.05) is 0 Å². The van der Waals surface area contributed by atoms with Crippen LogP contribution < -0.4 is 11.1 Å². The summed E-state index contributed by atoms with van der Waals surface area (Å²) in [5, 5.41) is 3.14. The lowest BCUT2D eigenvalue weighted by atomic mass is 9.95. The molecule has 6 nitrogen and oxygen atoms in total. The lowest BCUT2D eigenvalue weighted by Gasteiger charge is -2.37. The van der Waals surface area contributed by atoms with Crippen LogP contribution in [-0.4, -0.2) is 65.9 Å². The molecule has 24 heavy (non-hydrogen) atoms. The molecule has 0 spiro atoms. The van der Waals surface area contributed by atoms with E-state index < -0.39 is 5.54 Å². The average molecular weight is 383 g/mol. The Labute approximate surface area is 157 Å². The van der Waals surface area contributed by atoms with Crippen LogP contribution >= 0.6 is 24.8 Å². The van der Waals surface area contributed by atoms with Gasteiger partial charge in [0.25, 0.3) is 0 Å². The molecule has 0 radical (unpaired) electrons. The van der Waals surface area contributed by atoms with Gasteiger partial charge < -0.3 is 16.0 Å². The fourth-order valence-electron chi connectivity index (χ4n) is 3.24. The normalized spacial score (nSPS) is 19.9. The highest BCUT2D eigenvalue weighted by molar-refractivity contribution is 5.86. The van der Waals surface area contributed by atoms with Crippen molar-refractivity contribution in [2.24, 2.45) is 5.73 Å². The lowest BCUT2D eigenvalue weighted by Crippen LogP contribution is -2.58. The largest absolute Gasteiger partial charge is 0.352 e. The third-order valence-electron chi connectivity index (χ3n) is 4.55. The van der Waals surface area contributed by atoms with Crippen molar-refractivity contribution in [2.75, 3.05) is 32.7 Å². The van der Waals surface area contributed by atoms with Crippen molar-refractivity contribution in [1.82, 2.24) is 15.1 Å². The van der Waals surface area contributed by atoms with Crippen LogP contribution in [0.25, 0.3) is 0 Å². The number of carbonyl (C=O) groups excluding carboxylic acids is 2. The molecule has 0 aromatic heterocycles. The molecule has 0 aromatic carbocycles. The van der Waals surface area contributed by atoms with Crippen molar-refractivity contribution >= 4 is 36.6 Å². The van der Waals surface area contributed by atoms with Crippen LogP contribution in [0.3, 0.4) is 0 Å². The maximum absolute atomic E-state index is 12.1. The first kappa shape index (κ1) is 23.4. The quantitative estimate of drug-likeness (QED) is 0.764. The van der Waals surface area contributed by atoms with E-state index in [4.69, 9.17) is 5.73 Å². The summed E-state index contributed by atoms with van der Waals surface area (Å²) >= 11 is 0. The molecule has 1 aliphatic heterocycles. The molecule has 2 amide bonds. The molecular weight excluding hydrogens is 351 g/mol. The Balaban J connectivity index is 0.00000264. The number of amides is 2. The number of rotatable bonds is 4. The summed E-state index contributed by atoms with van der Waals surface area (Å²) in [4.78, 5) is 28.1. The number of nitrogens with two attached hydrogens (primary N) is 1. The Bertz CT molecular complexity index is 401. The Kier molecular flexibility index (Phi) is 10.2. The summed E-state index contributed by atoms with van der Waals surface area (Å²) in [6, 6.07) is 0.363. The van der Waals surface area contributed by atoms with E-state index in [2.05, 4.69) is 10.2 Å². The second-order valence-electron chi connectivity index (χ2n) is 7.19. The molecule has 0 atom stereocenters. The van der Waals surface area contributed by atoms with Crippen molar-refractivity contribution in [3.05, 3.63) is 0 Å². The fraction of sp³-hybridized carbons (Fsp3) is 0.875. The van der Waals surface area contributed by atoms with Gasteiger partial charge in [0.1, 0.15) is 0 Å². The minimum Gasteiger partial charge on any atom is -0.352 e. The van der Waals surface area contributed by atoms with Crippen LogP contribution in [0.2, 0.25) is 0 Å². The van der Waals surface area contributed by atoms with Crippen molar-refractivity contribution in [1.29, 1.82) is 0 Å². The molecule has 0 unspecified atom stereocenters. The van der Waals surface area contributed by atoms with Crippen molar-refractivity contribution < 1.29 is 9.59 Å². The van der Waals surface area contributed by atoms with Gasteiger partial charge in [0.15, 0.2) is 0 Å². The van der Waals surface area contributed by atoms with Crippen LogP contribution in [0.5, 0.6) is 0 Å². The molecule has 2 aliphatic rings. The summed E-state index contributed by atoms with van der Waals surface area (Å²) in [6.45, 7) is 6.68. The maximum Gasteiger partial charge on any atom is 0.242 e. The van der Waals surface area contributed by atoms with Gasteiger partial charge in [-0.1, -0.05) is 19.3 Å². The number of nitrogens with one attached hydrogen (secondary N) is 1. The molecule has 1 saturated heterocycles. The summed E-state index contributed by atoms with van der Waals surface area (Å²) in [6.07, 6.45) is 5.96. The van der Waals surface area contributed by atoms with Gasteiger partial charge in [-0.05, 0) is 26.7 Å². The molecule has 2 fully saturated rings. The number of carbonyl (C=O) groups is 2. The number of nitrogens with zero attached hydrogens (tertiary/aromatic N) is 2. The van der Waals surface area contributed by atoms with Gasteiger partial charge in [-0.3, -0.25) is 14.5 Å². The highest BCUT2D eigenvalue weighted by Crippen LogP contribution is 2.17. The minimum atomic E-state index is -0.819. The first-order valence-corrected chi connectivity index (χ1v) is 8.46. The summed E-state index contributed by atoms with van der Waals surface area (Å²) in [7, 11) is 0. The van der Waals surface area contributed by atoms with E-state index in [9.17, 15) is 9.59 Å². The number of piperazine rings is 1. The molecule has 1 saturated carbocycles. The molecule has 2 rings (SSSR count). The van der Waals surface area contributed by atoms with Crippen molar-refractivity contribution in [2.45, 2.75) is 57.5 Å². The predicted molar refractivity (Wildman–Crippen MR) is 101 cm³/mol. The Hall–Kier alpha value is -0.560. The lowest BCUT2D eigenvalue weighted by molar-refractivity contribution is -0.137. The highest BCUT2D eigenvalue weighted by Gasteiger charge is 2.30. The summed E-state index contributed by atoms with van der Waals surface area (Å²) < 4.78 is 0. The topological polar surface area (TPSA) is 78.7 Å². The second-order valence-corrected chi connectivity index (χ2v) is 7.19. The van der Waals surface area contributed by atoms with E-state index in [1.54, 1.807) is 18.7 Å². The molecule has 8 heteroatoms. The van der Waals surface area contributed by atoms with Gasteiger partial charge in [0.2, 0.25) is 11.8 Å². The van der Waals surface area contributed by atoms with Crippen LogP contribution in [0.15, 0.2) is 0 Å². The van der Waals surface area contributed by atoms with Gasteiger partial charge in [0, 0.05) is 32.2 Å². The first-order valence-electron chi connectivity index (χ1n) is 8.46. The summed E-state index contributed by atoms with van der Waals surface area (Å²) in [5.41, 5.74) is 5.04. The van der Waals surface area contributed by atoms with E-state index in [-0.39, 0.29) is 36.6 Å². The molecule has 1 heterocycles. The monoisotopic (exact) mass is 382 g/mol. The third-order valence-corrected chi connectivity index (χ3v) is 4.55. The van der Waals surface area contributed by atoms with Gasteiger partial charge >= 0.3 is 0 Å². The highest BCUT2D eigenvalue weighted by atomic mass is 35.5. The molecular formula is C16H32Cl2N4O2. The van der Waals surface area contributed by atoms with Crippen LogP contribution in [0.4, 0.5) is 0 Å². The van der Waals surface area contributed by atoms with Gasteiger partial charge in [0.05, 0.1) is 12.1 Å². The Morgan fingerprint density at radius 2 is 1.58 bits per heavy atom. The second kappa shape index (κ2) is 10.4. The van der Waals surface area contributed by atoms with Crippen molar-refractivity contribution in [3.63, 3.8) is 0 Å². The third kappa shape index (κ3) is 7.13. The van der Waals surface area contributed by atoms with E-state index >= 15 is 0 Å². The number of hydrogen-bond donors (Lipinski definition) is 2. The SMILES string of the molecule is CC(C)(N)C(=O)N1CCN(CC(=O)NC2CCCCC2)CC1.Cl.Cl. The molecule has 0 aromatic rings. The zero-order valence-electron chi connectivity index (χ0n) is 14.8. The fourth-order valence-corrected chi connectivity index (χ4v) is 3.24. The number of halogens is 2. The smallest absolute Gasteiger partial charge is 0.242 e. The van der Waals surface area contributed by atoms with E-state index in [0.29, 0.717) is 25.7 Å². The molecule has 3 N–H and O–H groups in total. The Morgan fingerprint density at radius 3 is 2.08 bits per heavy atom. The van der Waals surface area contributed by atoms with Gasteiger partial charge in [-0.2, -0.15) is 0 Å². The average Bonchev–Trinajstić information content (AvgIpc) is 2.47. The predicted octanol–water partition coefficient (Wildman–Crippen LogP) is 1.16. The zero-order chi connectivity index (χ0) is 16.2. The van der Waals surface area contributed by atoms with E-state index in [0.717, 1.165) is 25.9 Å². The Morgan fingerprint density at radius 1 is 1.04 bits per heavy atom. The van der Waals surface area contributed by atoms with Gasteiger partial charge in [-0.25, -0.2) is 0 Å². The van der Waals surface area contributed by atoms with Crippen LogP contribution in [-0.2, 0) is 9.59 Å². The number of hydrogen-bond acceptors (Lipinski definition) is 4.